The minimum absolute atomic E-state index is 0.138. The van der Waals surface area contributed by atoms with Gasteiger partial charge in [-0.15, -0.1) is 0 Å². The molecule has 1 fully saturated rings. The lowest BCUT2D eigenvalue weighted by Gasteiger charge is -2.40. The van der Waals surface area contributed by atoms with Gasteiger partial charge in [-0.25, -0.2) is 0 Å². The molecule has 1 N–H and O–H groups in total. The van der Waals surface area contributed by atoms with E-state index in [1.165, 1.54) is 31.4 Å². The van der Waals surface area contributed by atoms with Crippen molar-refractivity contribution >= 4 is 11.4 Å². The van der Waals surface area contributed by atoms with Crippen LogP contribution in [0.1, 0.15) is 26.2 Å². The Balaban J connectivity index is 2.07. The van der Waals surface area contributed by atoms with Gasteiger partial charge in [-0.1, -0.05) is 0 Å². The quantitative estimate of drug-likeness (QED) is 0.611. The molecule has 4 heteroatoms. The number of nitro groups is 1. The molecule has 0 unspecified atom stereocenters. The molecular weight excluding hydrogens is 192 g/mol. The Hall–Kier alpha value is -1.58. The summed E-state index contributed by atoms with van der Waals surface area (Å²) in [6.45, 7) is 2.18. The molecule has 4 nitrogen and oxygen atoms in total. The van der Waals surface area contributed by atoms with Crippen LogP contribution in [0.15, 0.2) is 24.3 Å². The first-order chi connectivity index (χ1) is 7.09. The Kier molecular flexibility index (Phi) is 2.34. The van der Waals surface area contributed by atoms with Crippen LogP contribution in [0.2, 0.25) is 0 Å². The highest BCUT2D eigenvalue weighted by Gasteiger charge is 2.31. The van der Waals surface area contributed by atoms with E-state index in [-0.39, 0.29) is 16.1 Å². The van der Waals surface area contributed by atoms with Crippen LogP contribution in [-0.2, 0) is 0 Å². The number of nitro benzene ring substituents is 1. The van der Waals surface area contributed by atoms with E-state index < -0.39 is 0 Å². The Morgan fingerprint density at radius 1 is 1.33 bits per heavy atom. The number of nitrogens with zero attached hydrogens (tertiary/aromatic N) is 1. The van der Waals surface area contributed by atoms with Gasteiger partial charge in [0.05, 0.1) is 4.92 Å². The summed E-state index contributed by atoms with van der Waals surface area (Å²) in [5.74, 6) is 0. The predicted octanol–water partition coefficient (Wildman–Crippen LogP) is 2.95. The van der Waals surface area contributed by atoms with Crippen molar-refractivity contribution < 1.29 is 4.92 Å². The number of hydrogen-bond donors (Lipinski definition) is 1. The van der Waals surface area contributed by atoms with Gasteiger partial charge in [-0.2, -0.15) is 0 Å². The number of benzene rings is 1. The third-order valence-electron chi connectivity index (χ3n) is 2.98. The van der Waals surface area contributed by atoms with Gasteiger partial charge in [-0.05, 0) is 38.3 Å². The number of non-ortho nitro benzene ring substituents is 1. The lowest BCUT2D eigenvalue weighted by molar-refractivity contribution is -0.384. The maximum Gasteiger partial charge on any atom is 0.269 e. The van der Waals surface area contributed by atoms with Crippen molar-refractivity contribution in [3.05, 3.63) is 34.4 Å². The Morgan fingerprint density at radius 3 is 2.33 bits per heavy atom. The third-order valence-corrected chi connectivity index (χ3v) is 2.98. The van der Waals surface area contributed by atoms with E-state index >= 15 is 0 Å². The fraction of sp³-hybridized carbons (Fsp3) is 0.455. The summed E-state index contributed by atoms with van der Waals surface area (Å²) in [5.41, 5.74) is 1.29. The molecule has 1 aliphatic rings. The summed E-state index contributed by atoms with van der Waals surface area (Å²) in [7, 11) is 0. The molecule has 15 heavy (non-hydrogen) atoms. The van der Waals surface area contributed by atoms with Crippen molar-refractivity contribution in [1.29, 1.82) is 0 Å². The molecule has 0 atom stereocenters. The van der Waals surface area contributed by atoms with Crippen molar-refractivity contribution in [3.8, 4) is 0 Å². The smallest absolute Gasteiger partial charge is 0.269 e. The van der Waals surface area contributed by atoms with Crippen molar-refractivity contribution in [1.82, 2.24) is 0 Å². The first-order valence-electron chi connectivity index (χ1n) is 5.12. The monoisotopic (exact) mass is 206 g/mol. The second-order valence-electron chi connectivity index (χ2n) is 4.34. The second kappa shape index (κ2) is 3.53. The molecule has 1 aromatic rings. The lowest BCUT2D eigenvalue weighted by Crippen LogP contribution is -2.41. The van der Waals surface area contributed by atoms with Crippen LogP contribution in [0.3, 0.4) is 0 Å². The van der Waals surface area contributed by atoms with E-state index in [4.69, 9.17) is 0 Å². The van der Waals surface area contributed by atoms with Gasteiger partial charge < -0.3 is 5.32 Å². The summed E-state index contributed by atoms with van der Waals surface area (Å²) in [6.07, 6.45) is 3.60. The highest BCUT2D eigenvalue weighted by Crippen LogP contribution is 2.34. The Labute approximate surface area is 88.5 Å². The summed E-state index contributed by atoms with van der Waals surface area (Å²) in [5, 5.41) is 13.8. The fourth-order valence-corrected chi connectivity index (χ4v) is 1.85. The van der Waals surface area contributed by atoms with Gasteiger partial charge in [0, 0.05) is 23.4 Å². The number of hydrogen-bond acceptors (Lipinski definition) is 3. The highest BCUT2D eigenvalue weighted by atomic mass is 16.6. The average molecular weight is 206 g/mol. The maximum atomic E-state index is 10.4. The van der Waals surface area contributed by atoms with Crippen molar-refractivity contribution in [3.63, 3.8) is 0 Å². The highest BCUT2D eigenvalue weighted by molar-refractivity contribution is 5.50. The molecule has 2 rings (SSSR count). The van der Waals surface area contributed by atoms with Crippen molar-refractivity contribution in [2.45, 2.75) is 31.7 Å². The van der Waals surface area contributed by atoms with Crippen LogP contribution in [0.5, 0.6) is 0 Å². The van der Waals surface area contributed by atoms with Crippen LogP contribution < -0.4 is 5.32 Å². The lowest BCUT2D eigenvalue weighted by atomic mass is 9.78. The van der Waals surface area contributed by atoms with Crippen LogP contribution in [-0.4, -0.2) is 10.5 Å². The molecule has 0 amide bonds. The van der Waals surface area contributed by atoms with Crippen LogP contribution in [0.25, 0.3) is 0 Å². The number of anilines is 1. The standard InChI is InChI=1S/C11H14N2O2/c1-11(7-2-8-11)12-9-3-5-10(6-4-9)13(14)15/h3-6,12H,2,7-8H2,1H3. The minimum Gasteiger partial charge on any atom is -0.380 e. The van der Waals surface area contributed by atoms with Gasteiger partial charge in [0.2, 0.25) is 0 Å². The van der Waals surface area contributed by atoms with Crippen LogP contribution >= 0.6 is 0 Å². The average Bonchev–Trinajstić information content (AvgIpc) is 2.16. The van der Waals surface area contributed by atoms with Gasteiger partial charge in [0.25, 0.3) is 5.69 Å². The zero-order valence-corrected chi connectivity index (χ0v) is 8.69. The minimum atomic E-state index is -0.380. The van der Waals surface area contributed by atoms with Gasteiger partial charge in [-0.3, -0.25) is 10.1 Å². The molecule has 0 heterocycles. The molecule has 1 saturated carbocycles. The van der Waals surface area contributed by atoms with Gasteiger partial charge >= 0.3 is 0 Å². The van der Waals surface area contributed by atoms with Crippen molar-refractivity contribution in [2.75, 3.05) is 5.32 Å². The second-order valence-corrected chi connectivity index (χ2v) is 4.34. The van der Waals surface area contributed by atoms with Crippen molar-refractivity contribution in [2.24, 2.45) is 0 Å². The summed E-state index contributed by atoms with van der Waals surface area (Å²) >= 11 is 0. The zero-order valence-electron chi connectivity index (χ0n) is 8.69. The summed E-state index contributed by atoms with van der Waals surface area (Å²) in [4.78, 5) is 10.1. The molecule has 0 saturated heterocycles. The molecule has 0 aromatic heterocycles. The van der Waals surface area contributed by atoms with E-state index in [2.05, 4.69) is 12.2 Å². The topological polar surface area (TPSA) is 55.2 Å². The number of nitrogens with one attached hydrogen (secondary N) is 1. The van der Waals surface area contributed by atoms with E-state index in [0.29, 0.717) is 0 Å². The molecule has 1 aliphatic carbocycles. The van der Waals surface area contributed by atoms with E-state index in [1.54, 1.807) is 12.1 Å². The largest absolute Gasteiger partial charge is 0.380 e. The van der Waals surface area contributed by atoms with Crippen LogP contribution in [0.4, 0.5) is 11.4 Å². The maximum absolute atomic E-state index is 10.4. The first kappa shape index (κ1) is 9.96. The molecule has 0 radical (unpaired) electrons. The third kappa shape index (κ3) is 2.09. The molecule has 1 aromatic carbocycles. The first-order valence-corrected chi connectivity index (χ1v) is 5.12. The number of rotatable bonds is 3. The van der Waals surface area contributed by atoms with Gasteiger partial charge in [0.15, 0.2) is 0 Å². The van der Waals surface area contributed by atoms with E-state index in [1.807, 2.05) is 0 Å². The molecule has 0 aliphatic heterocycles. The molecule has 0 bridgehead atoms. The normalized spacial score (nSPS) is 17.9. The van der Waals surface area contributed by atoms with E-state index in [9.17, 15) is 10.1 Å². The van der Waals surface area contributed by atoms with E-state index in [0.717, 1.165) is 5.69 Å². The summed E-state index contributed by atoms with van der Waals surface area (Å²) in [6, 6.07) is 6.60. The molecule has 0 spiro atoms. The summed E-state index contributed by atoms with van der Waals surface area (Å²) < 4.78 is 0. The zero-order chi connectivity index (χ0) is 10.9. The fourth-order valence-electron chi connectivity index (χ4n) is 1.85. The molecular formula is C11H14N2O2. The Morgan fingerprint density at radius 2 is 1.93 bits per heavy atom. The molecule has 80 valence electrons. The SMILES string of the molecule is CC1(Nc2ccc([N+](=O)[O-])cc2)CCC1. The predicted molar refractivity (Wildman–Crippen MR) is 59.0 cm³/mol. The van der Waals surface area contributed by atoms with Gasteiger partial charge in [0.1, 0.15) is 0 Å². The Bertz CT molecular complexity index is 369. The van der Waals surface area contributed by atoms with Crippen LogP contribution in [0, 0.1) is 10.1 Å².